The van der Waals surface area contributed by atoms with Crippen LogP contribution in [0.1, 0.15) is 12.5 Å². The van der Waals surface area contributed by atoms with E-state index in [1.807, 2.05) is 12.3 Å². The lowest BCUT2D eigenvalue weighted by Crippen LogP contribution is -2.44. The van der Waals surface area contributed by atoms with Crippen molar-refractivity contribution in [1.82, 2.24) is 20.2 Å². The number of anilines is 1. The van der Waals surface area contributed by atoms with Crippen molar-refractivity contribution in [1.29, 1.82) is 0 Å². The van der Waals surface area contributed by atoms with Crippen molar-refractivity contribution >= 4 is 31.4 Å². The number of hydrogen-bond donors (Lipinski definition) is 1. The molecule has 0 saturated carbocycles. The van der Waals surface area contributed by atoms with Crippen LogP contribution >= 0.6 is 0 Å². The molecule has 5 rings (SSSR count). The number of ether oxygens (including phenoxy) is 1. The lowest BCUT2D eigenvalue weighted by molar-refractivity contribution is 0.0986. The Bertz CT molecular complexity index is 1220. The van der Waals surface area contributed by atoms with E-state index in [-0.39, 0.29) is 15.6 Å². The SMILES string of the molecule is C[SiH2]c1cccc(-c2cc(N3CCOC[C@H]3C)nc3c(-c4ccn[nH]4)ncc(C)c23)c1. The molecule has 0 unspecified atom stereocenters. The molecule has 6 nitrogen and oxygen atoms in total. The van der Waals surface area contributed by atoms with Crippen molar-refractivity contribution in [3.05, 3.63) is 54.4 Å². The summed E-state index contributed by atoms with van der Waals surface area (Å²) in [5.41, 5.74) is 6.21. The highest BCUT2D eigenvalue weighted by Gasteiger charge is 2.23. The number of benzene rings is 1. The third-order valence-electron chi connectivity index (χ3n) is 6.08. The molecule has 0 bridgehead atoms. The summed E-state index contributed by atoms with van der Waals surface area (Å²) in [4.78, 5) is 12.3. The second kappa shape index (κ2) is 8.24. The molecule has 1 atom stereocenters. The highest BCUT2D eigenvalue weighted by atomic mass is 28.2. The Hall–Kier alpha value is -3.03. The first kappa shape index (κ1) is 19.9. The van der Waals surface area contributed by atoms with Crippen LogP contribution in [0.15, 0.2) is 48.8 Å². The lowest BCUT2D eigenvalue weighted by atomic mass is 9.97. The molecule has 4 heterocycles. The maximum Gasteiger partial charge on any atom is 0.130 e. The number of nitrogens with zero attached hydrogens (tertiary/aromatic N) is 4. The van der Waals surface area contributed by atoms with E-state index in [0.29, 0.717) is 6.61 Å². The van der Waals surface area contributed by atoms with Gasteiger partial charge in [0.05, 0.1) is 34.5 Å². The number of pyridine rings is 2. The van der Waals surface area contributed by atoms with Gasteiger partial charge in [-0.05, 0) is 42.7 Å². The largest absolute Gasteiger partial charge is 0.377 e. The smallest absolute Gasteiger partial charge is 0.130 e. The number of nitrogens with one attached hydrogen (secondary N) is 1. The van der Waals surface area contributed by atoms with Crippen molar-refractivity contribution in [2.45, 2.75) is 26.4 Å². The third kappa shape index (κ3) is 3.64. The Morgan fingerprint density at radius 2 is 2.13 bits per heavy atom. The summed E-state index contributed by atoms with van der Waals surface area (Å²) in [5.74, 6) is 0.977. The van der Waals surface area contributed by atoms with Gasteiger partial charge in [0.15, 0.2) is 0 Å². The first-order valence-electron chi connectivity index (χ1n) is 10.9. The molecular formula is C24H27N5OSi. The van der Waals surface area contributed by atoms with Gasteiger partial charge < -0.3 is 9.64 Å². The molecular weight excluding hydrogens is 402 g/mol. The van der Waals surface area contributed by atoms with Crippen LogP contribution in [-0.4, -0.2) is 55.5 Å². The zero-order chi connectivity index (χ0) is 21.4. The van der Waals surface area contributed by atoms with Crippen LogP contribution in [0.2, 0.25) is 6.55 Å². The number of hydrogen-bond acceptors (Lipinski definition) is 5. The summed E-state index contributed by atoms with van der Waals surface area (Å²) in [6, 6.07) is 13.5. The monoisotopic (exact) mass is 429 g/mol. The van der Waals surface area contributed by atoms with E-state index in [2.05, 4.69) is 65.8 Å². The van der Waals surface area contributed by atoms with Crippen LogP contribution in [0.4, 0.5) is 5.82 Å². The Balaban J connectivity index is 1.82. The van der Waals surface area contributed by atoms with Gasteiger partial charge in [0.1, 0.15) is 17.0 Å². The molecule has 3 aromatic heterocycles. The van der Waals surface area contributed by atoms with Crippen LogP contribution in [0.25, 0.3) is 33.4 Å². The number of aryl methyl sites for hydroxylation is 1. The fourth-order valence-corrected chi connectivity index (χ4v) is 5.17. The maximum absolute atomic E-state index is 5.68. The highest BCUT2D eigenvalue weighted by molar-refractivity contribution is 6.52. The van der Waals surface area contributed by atoms with Crippen LogP contribution in [-0.2, 0) is 4.74 Å². The van der Waals surface area contributed by atoms with Gasteiger partial charge >= 0.3 is 0 Å². The van der Waals surface area contributed by atoms with E-state index in [1.165, 1.54) is 16.3 Å². The van der Waals surface area contributed by atoms with Gasteiger partial charge in [-0.15, -0.1) is 0 Å². The minimum absolute atomic E-state index is 0.244. The van der Waals surface area contributed by atoms with E-state index < -0.39 is 0 Å². The molecule has 158 valence electrons. The average molecular weight is 430 g/mol. The molecule has 31 heavy (non-hydrogen) atoms. The van der Waals surface area contributed by atoms with Crippen LogP contribution in [0.3, 0.4) is 0 Å². The van der Waals surface area contributed by atoms with E-state index >= 15 is 0 Å². The topological polar surface area (TPSA) is 66.9 Å². The van der Waals surface area contributed by atoms with Crippen molar-refractivity contribution in [3.8, 4) is 22.5 Å². The quantitative estimate of drug-likeness (QED) is 0.505. The number of rotatable bonds is 4. The van der Waals surface area contributed by atoms with Gasteiger partial charge in [0.2, 0.25) is 0 Å². The third-order valence-corrected chi connectivity index (χ3v) is 7.33. The maximum atomic E-state index is 5.68. The molecule has 0 radical (unpaired) electrons. The molecule has 7 heteroatoms. The second-order valence-corrected chi connectivity index (χ2v) is 9.71. The predicted molar refractivity (Wildman–Crippen MR) is 129 cm³/mol. The summed E-state index contributed by atoms with van der Waals surface area (Å²) < 4.78 is 5.68. The fraction of sp³-hybridized carbons (Fsp3) is 0.292. The van der Waals surface area contributed by atoms with E-state index in [9.17, 15) is 0 Å². The molecule has 1 N–H and O–H groups in total. The van der Waals surface area contributed by atoms with E-state index in [4.69, 9.17) is 14.7 Å². The normalized spacial score (nSPS) is 17.1. The first-order chi connectivity index (χ1) is 15.2. The Morgan fingerprint density at radius 3 is 2.90 bits per heavy atom. The Kier molecular flexibility index (Phi) is 5.29. The summed E-state index contributed by atoms with van der Waals surface area (Å²) in [6.07, 6.45) is 3.70. The molecule has 4 aromatic rings. The zero-order valence-electron chi connectivity index (χ0n) is 18.2. The average Bonchev–Trinajstić information content (AvgIpc) is 3.33. The highest BCUT2D eigenvalue weighted by Crippen LogP contribution is 2.37. The van der Waals surface area contributed by atoms with Gasteiger partial charge in [-0.3, -0.25) is 10.1 Å². The van der Waals surface area contributed by atoms with E-state index in [0.717, 1.165) is 46.8 Å². The summed E-state index contributed by atoms with van der Waals surface area (Å²) >= 11 is 0. The Labute approximate surface area is 184 Å². The Morgan fingerprint density at radius 1 is 1.23 bits per heavy atom. The molecule has 1 aliphatic heterocycles. The van der Waals surface area contributed by atoms with Crippen LogP contribution in [0.5, 0.6) is 0 Å². The second-order valence-electron chi connectivity index (χ2n) is 8.18. The molecule has 1 fully saturated rings. The van der Waals surface area contributed by atoms with Gasteiger partial charge in [-0.2, -0.15) is 5.10 Å². The number of fused-ring (bicyclic) bond motifs is 1. The van der Waals surface area contributed by atoms with Gasteiger partial charge in [-0.1, -0.05) is 36.0 Å². The number of H-pyrrole nitrogens is 1. The minimum Gasteiger partial charge on any atom is -0.377 e. The summed E-state index contributed by atoms with van der Waals surface area (Å²) in [7, 11) is -0.244. The van der Waals surface area contributed by atoms with Crippen LogP contribution in [0, 0.1) is 6.92 Å². The summed E-state index contributed by atoms with van der Waals surface area (Å²) in [5, 5.41) is 9.82. The van der Waals surface area contributed by atoms with Crippen molar-refractivity contribution < 1.29 is 4.74 Å². The van der Waals surface area contributed by atoms with Gasteiger partial charge in [-0.25, -0.2) is 4.98 Å². The summed E-state index contributed by atoms with van der Waals surface area (Å²) in [6.45, 7) is 8.90. The lowest BCUT2D eigenvalue weighted by Gasteiger charge is -2.34. The van der Waals surface area contributed by atoms with Crippen molar-refractivity contribution in [3.63, 3.8) is 0 Å². The molecule has 0 amide bonds. The first-order valence-corrected chi connectivity index (χ1v) is 13.0. The van der Waals surface area contributed by atoms with Gasteiger partial charge in [0.25, 0.3) is 0 Å². The van der Waals surface area contributed by atoms with Crippen molar-refractivity contribution in [2.24, 2.45) is 0 Å². The molecule has 0 spiro atoms. The fourth-order valence-electron chi connectivity index (χ4n) is 4.38. The van der Waals surface area contributed by atoms with E-state index in [1.54, 1.807) is 6.20 Å². The van der Waals surface area contributed by atoms with Gasteiger partial charge in [0, 0.05) is 24.3 Å². The number of aromatic amines is 1. The number of aromatic nitrogens is 4. The minimum atomic E-state index is -0.244. The zero-order valence-corrected chi connectivity index (χ0v) is 19.6. The standard InChI is InChI=1S/C24H27N5OSi/c1-15-13-25-23(20-7-8-26-28-20)24-22(15)19(17-5-4-6-18(11-17)31-3)12-21(27-24)29-9-10-30-14-16(29)2/h4-8,11-13,16H,9-10,14,31H2,1-3H3,(H,26,28)/t16-/m1/s1. The predicted octanol–water partition coefficient (Wildman–Crippen LogP) is 3.06. The molecule has 1 aliphatic rings. The molecule has 1 aromatic carbocycles. The number of morpholine rings is 1. The van der Waals surface area contributed by atoms with Crippen molar-refractivity contribution in [2.75, 3.05) is 24.7 Å². The molecule has 0 aliphatic carbocycles. The molecule has 1 saturated heterocycles. The van der Waals surface area contributed by atoms with Crippen LogP contribution < -0.4 is 10.1 Å².